The summed E-state index contributed by atoms with van der Waals surface area (Å²) in [5.74, 6) is 7.67. The lowest BCUT2D eigenvalue weighted by atomic mass is 9.48. The van der Waals surface area contributed by atoms with Crippen molar-refractivity contribution < 1.29 is 0 Å². The third-order valence-corrected chi connectivity index (χ3v) is 13.5. The molecule has 0 amide bonds. The van der Waals surface area contributed by atoms with E-state index in [-0.39, 0.29) is 0 Å². The Hall–Kier alpha value is -3.84. The summed E-state index contributed by atoms with van der Waals surface area (Å²) < 4.78 is 0. The monoisotopic (exact) mass is 602 g/mol. The predicted octanol–water partition coefficient (Wildman–Crippen LogP) is 9.68. The van der Waals surface area contributed by atoms with Crippen LogP contribution < -0.4 is 0 Å². The molecule has 8 saturated carbocycles. The van der Waals surface area contributed by atoms with Gasteiger partial charge in [-0.15, -0.1) is 0 Å². The van der Waals surface area contributed by atoms with Gasteiger partial charge in [0.1, 0.15) is 0 Å². The summed E-state index contributed by atoms with van der Waals surface area (Å²) in [5.41, 5.74) is 7.43. The average molecular weight is 603 g/mol. The van der Waals surface area contributed by atoms with E-state index in [1.54, 1.807) is 0 Å². The van der Waals surface area contributed by atoms with E-state index in [0.29, 0.717) is 33.9 Å². The van der Waals surface area contributed by atoms with Crippen LogP contribution in [0, 0.1) is 46.8 Å². The summed E-state index contributed by atoms with van der Waals surface area (Å²) in [4.78, 5) is 15.1. The smallest absolute Gasteiger partial charge is 0.164 e. The van der Waals surface area contributed by atoms with Crippen molar-refractivity contribution in [1.29, 1.82) is 5.26 Å². The maximum absolute atomic E-state index is 9.37. The first kappa shape index (κ1) is 27.3. The molecule has 8 bridgehead atoms. The maximum atomic E-state index is 9.37. The standard InChI is InChI=1S/C42H42N4/c43-25-26-1-3-33(4-2-26)38-44-39(34-5-9-36(10-6-34)41-19-27-13-28(20-41)15-29(14-27)21-41)46-40(45-38)35-7-11-37(12-8-35)42-22-30-16-31(23-42)18-32(17-30)24-42/h1-12,27-32H,13-24H2/t27-,28+,29-,30-,31+,32-,41?,42?. The van der Waals surface area contributed by atoms with E-state index >= 15 is 0 Å². The number of nitrogens with zero attached hydrogens (tertiary/aromatic N) is 4. The Labute approximate surface area is 272 Å². The minimum absolute atomic E-state index is 0.379. The highest BCUT2D eigenvalue weighted by molar-refractivity contribution is 5.67. The maximum Gasteiger partial charge on any atom is 0.164 e. The van der Waals surface area contributed by atoms with Crippen molar-refractivity contribution in [3.05, 3.63) is 89.5 Å². The number of rotatable bonds is 5. The Morgan fingerprint density at radius 1 is 0.435 bits per heavy atom. The molecule has 8 fully saturated rings. The molecule has 0 saturated heterocycles. The van der Waals surface area contributed by atoms with Gasteiger partial charge in [0.2, 0.25) is 0 Å². The fraction of sp³-hybridized carbons (Fsp3) is 0.476. The van der Waals surface area contributed by atoms with E-state index < -0.39 is 0 Å². The van der Waals surface area contributed by atoms with Gasteiger partial charge in [0.15, 0.2) is 17.5 Å². The SMILES string of the molecule is N#Cc1ccc(-c2nc(-c3ccc(C45C[C@H]6C[C@@H](C4)C[C@@H](C5)C6)cc3)nc(-c3ccc(C45C[C@H]6C[C@@H](C4)C[C@@H](C5)C6)cc3)n2)cc1. The molecular formula is C42H42N4. The van der Waals surface area contributed by atoms with Crippen LogP contribution in [-0.4, -0.2) is 15.0 Å². The van der Waals surface area contributed by atoms with Crippen LogP contribution in [0.25, 0.3) is 34.2 Å². The number of aromatic nitrogens is 3. The Morgan fingerprint density at radius 2 is 0.717 bits per heavy atom. The van der Waals surface area contributed by atoms with Gasteiger partial charge in [0.25, 0.3) is 0 Å². The van der Waals surface area contributed by atoms with Gasteiger partial charge in [-0.2, -0.15) is 5.26 Å². The molecular weight excluding hydrogens is 560 g/mol. The highest BCUT2D eigenvalue weighted by Crippen LogP contribution is 2.62. The Bertz CT molecular complexity index is 1670. The molecule has 0 radical (unpaired) electrons. The van der Waals surface area contributed by atoms with Crippen LogP contribution in [0.15, 0.2) is 72.8 Å². The minimum atomic E-state index is 0.379. The molecule has 4 heteroatoms. The summed E-state index contributed by atoms with van der Waals surface area (Å²) >= 11 is 0. The van der Waals surface area contributed by atoms with Crippen LogP contribution in [0.2, 0.25) is 0 Å². The molecule has 4 nitrogen and oxygen atoms in total. The Balaban J connectivity index is 1.01. The molecule has 0 atom stereocenters. The van der Waals surface area contributed by atoms with Gasteiger partial charge in [-0.3, -0.25) is 0 Å². The minimum Gasteiger partial charge on any atom is -0.208 e. The van der Waals surface area contributed by atoms with Crippen LogP contribution in [0.1, 0.15) is 93.7 Å². The molecule has 8 aliphatic carbocycles. The highest BCUT2D eigenvalue weighted by atomic mass is 15.0. The van der Waals surface area contributed by atoms with Crippen LogP contribution in [0.3, 0.4) is 0 Å². The van der Waals surface area contributed by atoms with E-state index in [4.69, 9.17) is 15.0 Å². The van der Waals surface area contributed by atoms with Gasteiger partial charge in [0.05, 0.1) is 11.6 Å². The predicted molar refractivity (Wildman–Crippen MR) is 181 cm³/mol. The van der Waals surface area contributed by atoms with Crippen LogP contribution in [0.5, 0.6) is 0 Å². The van der Waals surface area contributed by atoms with E-state index in [0.717, 1.165) is 52.2 Å². The van der Waals surface area contributed by atoms with Gasteiger partial charge in [0, 0.05) is 16.7 Å². The zero-order chi connectivity index (χ0) is 30.5. The number of hydrogen-bond donors (Lipinski definition) is 0. The van der Waals surface area contributed by atoms with Crippen LogP contribution >= 0.6 is 0 Å². The molecule has 1 heterocycles. The molecule has 1 aromatic heterocycles. The second kappa shape index (κ2) is 10.1. The van der Waals surface area contributed by atoms with E-state index in [1.807, 2.05) is 24.3 Å². The van der Waals surface area contributed by atoms with Crippen molar-refractivity contribution in [3.8, 4) is 40.2 Å². The molecule has 3 aromatic carbocycles. The van der Waals surface area contributed by atoms with Crippen molar-refractivity contribution in [2.45, 2.75) is 87.9 Å². The molecule has 0 unspecified atom stereocenters. The summed E-state index contributed by atoms with van der Waals surface area (Å²) in [6.45, 7) is 0. The summed E-state index contributed by atoms with van der Waals surface area (Å²) in [7, 11) is 0. The van der Waals surface area contributed by atoms with Crippen molar-refractivity contribution in [1.82, 2.24) is 15.0 Å². The van der Waals surface area contributed by atoms with Gasteiger partial charge in [-0.1, -0.05) is 48.5 Å². The van der Waals surface area contributed by atoms with Gasteiger partial charge in [-0.05, 0) is 159 Å². The largest absolute Gasteiger partial charge is 0.208 e. The van der Waals surface area contributed by atoms with Gasteiger partial charge in [-0.25, -0.2) is 15.0 Å². The van der Waals surface area contributed by atoms with Crippen molar-refractivity contribution >= 4 is 0 Å². The Morgan fingerprint density at radius 3 is 1.00 bits per heavy atom. The van der Waals surface area contributed by atoms with Crippen molar-refractivity contribution in [2.24, 2.45) is 35.5 Å². The second-order valence-corrected chi connectivity index (χ2v) is 16.5. The quantitative estimate of drug-likeness (QED) is 0.228. The third-order valence-electron chi connectivity index (χ3n) is 13.5. The number of nitriles is 1. The normalized spacial score (nSPS) is 34.9. The molecule has 0 N–H and O–H groups in total. The lowest BCUT2D eigenvalue weighted by molar-refractivity contribution is -0.00530. The van der Waals surface area contributed by atoms with Gasteiger partial charge < -0.3 is 0 Å². The molecule has 12 rings (SSSR count). The molecule has 8 aliphatic rings. The zero-order valence-corrected chi connectivity index (χ0v) is 26.7. The Kier molecular flexibility index (Phi) is 5.98. The van der Waals surface area contributed by atoms with E-state index in [1.165, 1.54) is 88.2 Å². The summed E-state index contributed by atoms with van der Waals surface area (Å²) in [6, 6.07) is 28.4. The van der Waals surface area contributed by atoms with E-state index in [2.05, 4.69) is 54.6 Å². The molecule has 0 spiro atoms. The fourth-order valence-electron chi connectivity index (χ4n) is 12.3. The third kappa shape index (κ3) is 4.41. The fourth-order valence-corrected chi connectivity index (χ4v) is 12.3. The summed E-state index contributed by atoms with van der Waals surface area (Å²) in [5, 5.41) is 9.37. The zero-order valence-electron chi connectivity index (χ0n) is 26.7. The van der Waals surface area contributed by atoms with Crippen LogP contribution in [0.4, 0.5) is 0 Å². The highest BCUT2D eigenvalue weighted by Gasteiger charge is 2.52. The summed E-state index contributed by atoms with van der Waals surface area (Å²) in [6.07, 6.45) is 17.0. The number of benzene rings is 3. The second-order valence-electron chi connectivity index (χ2n) is 16.5. The lowest BCUT2D eigenvalue weighted by Crippen LogP contribution is -2.48. The van der Waals surface area contributed by atoms with Crippen LogP contribution in [-0.2, 0) is 10.8 Å². The first-order chi connectivity index (χ1) is 22.5. The van der Waals surface area contributed by atoms with E-state index in [9.17, 15) is 5.26 Å². The first-order valence-electron chi connectivity index (χ1n) is 18.0. The topological polar surface area (TPSA) is 62.5 Å². The van der Waals surface area contributed by atoms with Crippen molar-refractivity contribution in [3.63, 3.8) is 0 Å². The van der Waals surface area contributed by atoms with Gasteiger partial charge >= 0.3 is 0 Å². The molecule has 0 aliphatic heterocycles. The molecule has 230 valence electrons. The number of hydrogen-bond acceptors (Lipinski definition) is 4. The lowest BCUT2D eigenvalue weighted by Gasteiger charge is -2.57. The average Bonchev–Trinajstić information content (AvgIpc) is 3.07. The first-order valence-corrected chi connectivity index (χ1v) is 18.0. The molecule has 4 aromatic rings. The molecule has 46 heavy (non-hydrogen) atoms. The van der Waals surface area contributed by atoms with Crippen molar-refractivity contribution in [2.75, 3.05) is 0 Å².